The van der Waals surface area contributed by atoms with Gasteiger partial charge in [-0.2, -0.15) is 4.31 Å². The normalized spacial score (nSPS) is 14.5. The lowest BCUT2D eigenvalue weighted by Crippen LogP contribution is -2.40. The van der Waals surface area contributed by atoms with E-state index in [0.717, 1.165) is 11.3 Å². The molecule has 3 rings (SSSR count). The van der Waals surface area contributed by atoms with E-state index in [0.29, 0.717) is 37.5 Å². The highest BCUT2D eigenvalue weighted by atomic mass is 32.2. The first-order valence-electron chi connectivity index (χ1n) is 10.6. The van der Waals surface area contributed by atoms with Crippen LogP contribution in [-0.4, -0.2) is 72.8 Å². The lowest BCUT2D eigenvalue weighted by Gasteiger charge is -2.26. The van der Waals surface area contributed by atoms with Crippen molar-refractivity contribution < 1.29 is 32.2 Å². The highest BCUT2D eigenvalue weighted by molar-refractivity contribution is 7.89. The van der Waals surface area contributed by atoms with E-state index in [9.17, 15) is 13.2 Å². The van der Waals surface area contributed by atoms with Crippen molar-refractivity contribution in [2.75, 3.05) is 54.2 Å². The topological polar surface area (TPSA) is 103 Å². The minimum Gasteiger partial charge on any atom is -0.497 e. The van der Waals surface area contributed by atoms with E-state index in [4.69, 9.17) is 18.9 Å². The van der Waals surface area contributed by atoms with E-state index in [1.165, 1.54) is 17.5 Å². The van der Waals surface area contributed by atoms with E-state index in [-0.39, 0.29) is 36.1 Å². The Morgan fingerprint density at radius 2 is 1.70 bits per heavy atom. The molecule has 1 aliphatic heterocycles. The molecule has 0 aliphatic carbocycles. The number of benzene rings is 2. The third-order valence-electron chi connectivity index (χ3n) is 5.38. The Morgan fingerprint density at radius 3 is 2.36 bits per heavy atom. The summed E-state index contributed by atoms with van der Waals surface area (Å²) >= 11 is 0. The van der Waals surface area contributed by atoms with E-state index in [2.05, 4.69) is 5.32 Å². The zero-order valence-electron chi connectivity index (χ0n) is 19.1. The van der Waals surface area contributed by atoms with Gasteiger partial charge in [0.05, 0.1) is 41.0 Å². The first kappa shape index (κ1) is 24.8. The quantitative estimate of drug-likeness (QED) is 0.554. The van der Waals surface area contributed by atoms with Crippen molar-refractivity contribution in [1.29, 1.82) is 0 Å². The molecule has 0 unspecified atom stereocenters. The third-order valence-corrected chi connectivity index (χ3v) is 7.30. The molecule has 0 aromatic heterocycles. The monoisotopic (exact) mass is 478 g/mol. The van der Waals surface area contributed by atoms with Crippen LogP contribution < -0.4 is 19.5 Å². The molecule has 2 aromatic rings. The minimum atomic E-state index is -3.76. The third kappa shape index (κ3) is 6.16. The number of rotatable bonds is 10. The van der Waals surface area contributed by atoms with Gasteiger partial charge in [0.15, 0.2) is 0 Å². The summed E-state index contributed by atoms with van der Waals surface area (Å²) in [5, 5.41) is 2.88. The summed E-state index contributed by atoms with van der Waals surface area (Å²) in [5.74, 6) is 1.47. The molecule has 0 radical (unpaired) electrons. The number of hydrogen-bond donors (Lipinski definition) is 1. The number of amides is 1. The van der Waals surface area contributed by atoms with Crippen molar-refractivity contribution in [2.24, 2.45) is 0 Å². The second-order valence-corrected chi connectivity index (χ2v) is 9.36. The number of carbonyl (C=O) groups excluding carboxylic acids is 1. The molecule has 0 spiro atoms. The maximum Gasteiger partial charge on any atom is 0.246 e. The van der Waals surface area contributed by atoms with Gasteiger partial charge in [-0.15, -0.1) is 0 Å². The van der Waals surface area contributed by atoms with Crippen LogP contribution in [0, 0.1) is 0 Å². The van der Waals surface area contributed by atoms with Crippen molar-refractivity contribution in [2.45, 2.75) is 17.7 Å². The van der Waals surface area contributed by atoms with Gasteiger partial charge in [0.25, 0.3) is 0 Å². The van der Waals surface area contributed by atoms with Gasteiger partial charge in [-0.3, -0.25) is 4.79 Å². The van der Waals surface area contributed by atoms with Gasteiger partial charge in [0.2, 0.25) is 15.9 Å². The molecule has 2 aromatic carbocycles. The van der Waals surface area contributed by atoms with Gasteiger partial charge >= 0.3 is 0 Å². The molecule has 0 bridgehead atoms. The molecule has 180 valence electrons. The van der Waals surface area contributed by atoms with E-state index >= 15 is 0 Å². The molecule has 1 heterocycles. The molecule has 0 saturated carbocycles. The predicted molar refractivity (Wildman–Crippen MR) is 123 cm³/mol. The largest absolute Gasteiger partial charge is 0.497 e. The number of nitrogens with zero attached hydrogens (tertiary/aromatic N) is 1. The van der Waals surface area contributed by atoms with E-state index < -0.39 is 10.0 Å². The number of hydrogen-bond acceptors (Lipinski definition) is 7. The van der Waals surface area contributed by atoms with Crippen molar-refractivity contribution in [3.05, 3.63) is 47.5 Å². The Hall–Kier alpha value is -2.82. The molecule has 0 atom stereocenters. The standard InChI is InChI=1S/C23H30N2O7S/c1-29-19-5-7-20(30-2)18(16-19)8-9-24-23(26)15-17-4-6-21(31-3)22(14-17)33(27,28)25-10-12-32-13-11-25/h4-7,14,16H,8-13,15H2,1-3H3,(H,24,26). The van der Waals surface area contributed by atoms with Crippen LogP contribution in [-0.2, 0) is 32.4 Å². The summed E-state index contributed by atoms with van der Waals surface area (Å²) in [4.78, 5) is 12.6. The highest BCUT2D eigenvalue weighted by Gasteiger charge is 2.29. The first-order valence-corrected chi connectivity index (χ1v) is 12.1. The van der Waals surface area contributed by atoms with Crippen LogP contribution in [0.15, 0.2) is 41.3 Å². The van der Waals surface area contributed by atoms with Gasteiger partial charge in [-0.05, 0) is 47.9 Å². The molecule has 1 aliphatic rings. The number of nitrogens with one attached hydrogen (secondary N) is 1. The van der Waals surface area contributed by atoms with Gasteiger partial charge in [0, 0.05) is 19.6 Å². The van der Waals surface area contributed by atoms with Gasteiger partial charge < -0.3 is 24.3 Å². The fraction of sp³-hybridized carbons (Fsp3) is 0.435. The second kappa shape index (κ2) is 11.4. The fourth-order valence-electron chi connectivity index (χ4n) is 3.62. The lowest BCUT2D eigenvalue weighted by molar-refractivity contribution is -0.120. The summed E-state index contributed by atoms with van der Waals surface area (Å²) in [6.45, 7) is 1.66. The van der Waals surface area contributed by atoms with Crippen LogP contribution in [0.25, 0.3) is 0 Å². The van der Waals surface area contributed by atoms with Crippen molar-refractivity contribution in [3.63, 3.8) is 0 Å². The number of ether oxygens (including phenoxy) is 4. The summed E-state index contributed by atoms with van der Waals surface area (Å²) in [6, 6.07) is 10.3. The average molecular weight is 479 g/mol. The maximum absolute atomic E-state index is 13.1. The van der Waals surface area contributed by atoms with Crippen LogP contribution in [0.5, 0.6) is 17.2 Å². The average Bonchev–Trinajstić information content (AvgIpc) is 2.84. The van der Waals surface area contributed by atoms with Gasteiger partial charge in [0.1, 0.15) is 22.1 Å². The smallest absolute Gasteiger partial charge is 0.246 e. The molecule has 1 fully saturated rings. The molecule has 1 saturated heterocycles. The van der Waals surface area contributed by atoms with E-state index in [1.807, 2.05) is 18.2 Å². The van der Waals surface area contributed by atoms with Crippen LogP contribution in [0.2, 0.25) is 0 Å². The lowest BCUT2D eigenvalue weighted by atomic mass is 10.1. The maximum atomic E-state index is 13.1. The van der Waals surface area contributed by atoms with E-state index in [1.54, 1.807) is 26.4 Å². The number of sulfonamides is 1. The molecular weight excluding hydrogens is 448 g/mol. The predicted octanol–water partition coefficient (Wildman–Crippen LogP) is 1.63. The van der Waals surface area contributed by atoms with Crippen molar-refractivity contribution in [3.8, 4) is 17.2 Å². The van der Waals surface area contributed by atoms with Gasteiger partial charge in [-0.25, -0.2) is 8.42 Å². The zero-order valence-corrected chi connectivity index (χ0v) is 19.9. The number of morpholine rings is 1. The Morgan fingerprint density at radius 1 is 1.00 bits per heavy atom. The highest BCUT2D eigenvalue weighted by Crippen LogP contribution is 2.29. The summed E-state index contributed by atoms with van der Waals surface area (Å²) in [5.41, 5.74) is 1.50. The molecular formula is C23H30N2O7S. The van der Waals surface area contributed by atoms with Crippen LogP contribution in [0.4, 0.5) is 0 Å². The fourth-order valence-corrected chi connectivity index (χ4v) is 5.23. The minimum absolute atomic E-state index is 0.0465. The second-order valence-electron chi connectivity index (χ2n) is 7.46. The zero-order chi connectivity index (χ0) is 23.8. The number of carbonyl (C=O) groups is 1. The molecule has 9 nitrogen and oxygen atoms in total. The van der Waals surface area contributed by atoms with Crippen LogP contribution in [0.1, 0.15) is 11.1 Å². The molecule has 10 heteroatoms. The molecule has 1 N–H and O–H groups in total. The van der Waals surface area contributed by atoms with Crippen LogP contribution in [0.3, 0.4) is 0 Å². The molecule has 1 amide bonds. The Balaban J connectivity index is 1.66. The summed E-state index contributed by atoms with van der Waals surface area (Å²) in [7, 11) is 0.850. The van der Waals surface area contributed by atoms with Crippen molar-refractivity contribution in [1.82, 2.24) is 9.62 Å². The summed E-state index contributed by atoms with van der Waals surface area (Å²) < 4.78 is 48.8. The Bertz CT molecular complexity index is 1070. The first-order chi connectivity index (χ1) is 15.9. The Labute approximate surface area is 194 Å². The summed E-state index contributed by atoms with van der Waals surface area (Å²) in [6.07, 6.45) is 0.607. The van der Waals surface area contributed by atoms with Crippen LogP contribution >= 0.6 is 0 Å². The molecule has 33 heavy (non-hydrogen) atoms. The number of methoxy groups -OCH3 is 3. The van der Waals surface area contributed by atoms with Crippen molar-refractivity contribution >= 4 is 15.9 Å². The Kier molecular flexibility index (Phi) is 8.54. The SMILES string of the molecule is COc1ccc(OC)c(CCNC(=O)Cc2ccc(OC)c(S(=O)(=O)N3CCOCC3)c2)c1. The van der Waals surface area contributed by atoms with Gasteiger partial charge in [-0.1, -0.05) is 6.07 Å².